The normalized spacial score (nSPS) is 11.1. The number of hydrogen-bond acceptors (Lipinski definition) is 4. The summed E-state index contributed by atoms with van der Waals surface area (Å²) in [6.45, 7) is 3.29. The monoisotopic (exact) mass is 250 g/mol. The number of Topliss-reactive ketones (excluding diaryl/α,β-unsaturated/α-hetero) is 1. The number of rotatable bonds is 5. The Balaban J connectivity index is 3.38. The summed E-state index contributed by atoms with van der Waals surface area (Å²) in [5.74, 6) is 1.68. The van der Waals surface area contributed by atoms with E-state index < -0.39 is 0 Å². The van der Waals surface area contributed by atoms with Crippen LogP contribution in [0.5, 0.6) is 17.2 Å². The van der Waals surface area contributed by atoms with E-state index in [4.69, 9.17) is 14.2 Å². The molecular weight excluding hydrogens is 232 g/mol. The van der Waals surface area contributed by atoms with Crippen LogP contribution in [0.4, 0.5) is 0 Å². The van der Waals surface area contributed by atoms with Gasteiger partial charge < -0.3 is 14.2 Å². The quantitative estimate of drug-likeness (QED) is 0.754. The van der Waals surface area contributed by atoms with Gasteiger partial charge in [0.05, 0.1) is 21.3 Å². The smallest absolute Gasteiger partial charge is 0.203 e. The Labute approximate surface area is 107 Å². The van der Waals surface area contributed by atoms with Gasteiger partial charge >= 0.3 is 0 Å². The van der Waals surface area contributed by atoms with Crippen LogP contribution in [0.25, 0.3) is 6.08 Å². The number of carbonyl (C=O) groups is 1. The van der Waals surface area contributed by atoms with Crippen LogP contribution in [-0.2, 0) is 4.79 Å². The molecule has 0 unspecified atom stereocenters. The molecule has 0 aliphatic heterocycles. The fourth-order valence-corrected chi connectivity index (χ4v) is 1.57. The molecule has 0 N–H and O–H groups in total. The van der Waals surface area contributed by atoms with Crippen LogP contribution in [0.2, 0.25) is 0 Å². The highest BCUT2D eigenvalue weighted by molar-refractivity contribution is 5.97. The van der Waals surface area contributed by atoms with Gasteiger partial charge in [0.2, 0.25) is 5.75 Å². The zero-order valence-electron chi connectivity index (χ0n) is 11.4. The largest absolute Gasteiger partial charge is 0.493 e. The molecule has 0 aromatic heterocycles. The Kier molecular flexibility index (Phi) is 4.77. The van der Waals surface area contributed by atoms with Gasteiger partial charge in [0.15, 0.2) is 17.3 Å². The highest BCUT2D eigenvalue weighted by atomic mass is 16.5. The molecule has 0 fully saturated rings. The van der Waals surface area contributed by atoms with E-state index >= 15 is 0 Å². The molecule has 4 heteroatoms. The number of ketones is 1. The standard InChI is InChI=1S/C14H18O4/c1-9(10(2)15)8-11-6-7-12(16-3)14(18-5)13(11)17-4/h6-8H,1-5H3. The Morgan fingerprint density at radius 1 is 1.00 bits per heavy atom. The third kappa shape index (κ3) is 2.83. The minimum absolute atomic E-state index is 0.0202. The predicted molar refractivity (Wildman–Crippen MR) is 70.4 cm³/mol. The van der Waals surface area contributed by atoms with E-state index in [1.165, 1.54) is 6.92 Å². The van der Waals surface area contributed by atoms with Gasteiger partial charge in [-0.05, 0) is 37.6 Å². The van der Waals surface area contributed by atoms with Crippen molar-refractivity contribution >= 4 is 11.9 Å². The summed E-state index contributed by atoms with van der Waals surface area (Å²) in [5, 5.41) is 0. The first-order valence-electron chi connectivity index (χ1n) is 5.53. The molecule has 0 aliphatic rings. The van der Waals surface area contributed by atoms with Gasteiger partial charge in [-0.2, -0.15) is 0 Å². The lowest BCUT2D eigenvalue weighted by Crippen LogP contribution is -1.98. The maximum absolute atomic E-state index is 11.3. The third-order valence-electron chi connectivity index (χ3n) is 2.66. The van der Waals surface area contributed by atoms with Crippen molar-refractivity contribution in [1.29, 1.82) is 0 Å². The van der Waals surface area contributed by atoms with Crippen LogP contribution >= 0.6 is 0 Å². The molecule has 1 aromatic rings. The molecule has 0 bridgehead atoms. The molecule has 0 spiro atoms. The fourth-order valence-electron chi connectivity index (χ4n) is 1.57. The Morgan fingerprint density at radius 3 is 2.06 bits per heavy atom. The topological polar surface area (TPSA) is 44.8 Å². The number of carbonyl (C=O) groups excluding carboxylic acids is 1. The van der Waals surface area contributed by atoms with Gasteiger partial charge in [-0.3, -0.25) is 4.79 Å². The Bertz CT molecular complexity index is 475. The molecule has 4 nitrogen and oxygen atoms in total. The fraction of sp³-hybridized carbons (Fsp3) is 0.357. The molecule has 1 rings (SSSR count). The molecular formula is C14H18O4. The van der Waals surface area contributed by atoms with Crippen molar-refractivity contribution in [3.05, 3.63) is 23.3 Å². The summed E-state index contributed by atoms with van der Waals surface area (Å²) in [4.78, 5) is 11.3. The third-order valence-corrected chi connectivity index (χ3v) is 2.66. The van der Waals surface area contributed by atoms with E-state index in [1.54, 1.807) is 40.4 Å². The second-order valence-electron chi connectivity index (χ2n) is 3.81. The number of methoxy groups -OCH3 is 3. The zero-order valence-corrected chi connectivity index (χ0v) is 11.4. The zero-order chi connectivity index (χ0) is 13.7. The van der Waals surface area contributed by atoms with E-state index in [2.05, 4.69) is 0 Å². The first-order chi connectivity index (χ1) is 8.54. The minimum Gasteiger partial charge on any atom is -0.493 e. The maximum atomic E-state index is 11.3. The van der Waals surface area contributed by atoms with Crippen molar-refractivity contribution in [3.8, 4) is 17.2 Å². The van der Waals surface area contributed by atoms with Gasteiger partial charge in [0.1, 0.15) is 0 Å². The van der Waals surface area contributed by atoms with Crippen LogP contribution in [-0.4, -0.2) is 27.1 Å². The summed E-state index contributed by atoms with van der Waals surface area (Å²) in [5.41, 5.74) is 1.43. The van der Waals surface area contributed by atoms with Crippen LogP contribution in [0.1, 0.15) is 19.4 Å². The van der Waals surface area contributed by atoms with Crippen molar-refractivity contribution in [3.63, 3.8) is 0 Å². The summed E-state index contributed by atoms with van der Waals surface area (Å²) in [6, 6.07) is 3.60. The van der Waals surface area contributed by atoms with Crippen molar-refractivity contribution in [2.24, 2.45) is 0 Å². The van der Waals surface area contributed by atoms with Crippen molar-refractivity contribution < 1.29 is 19.0 Å². The molecule has 98 valence electrons. The summed E-state index contributed by atoms with van der Waals surface area (Å²) < 4.78 is 15.8. The molecule has 0 saturated carbocycles. The number of allylic oxidation sites excluding steroid dienone is 1. The summed E-state index contributed by atoms with van der Waals surface area (Å²) in [7, 11) is 4.66. The van der Waals surface area contributed by atoms with Gasteiger partial charge in [-0.15, -0.1) is 0 Å². The maximum Gasteiger partial charge on any atom is 0.203 e. The van der Waals surface area contributed by atoms with Gasteiger partial charge in [0, 0.05) is 5.56 Å². The highest BCUT2D eigenvalue weighted by Crippen LogP contribution is 2.40. The summed E-state index contributed by atoms with van der Waals surface area (Å²) >= 11 is 0. The van der Waals surface area contributed by atoms with Crippen molar-refractivity contribution in [2.75, 3.05) is 21.3 Å². The molecule has 0 heterocycles. The molecule has 0 atom stereocenters. The first kappa shape index (κ1) is 14.1. The second kappa shape index (κ2) is 6.10. The average molecular weight is 250 g/mol. The predicted octanol–water partition coefficient (Wildman–Crippen LogP) is 2.70. The van der Waals surface area contributed by atoms with Crippen LogP contribution in [0.15, 0.2) is 17.7 Å². The van der Waals surface area contributed by atoms with Gasteiger partial charge in [-0.25, -0.2) is 0 Å². The van der Waals surface area contributed by atoms with Crippen LogP contribution in [0, 0.1) is 0 Å². The second-order valence-corrected chi connectivity index (χ2v) is 3.81. The molecule has 1 aromatic carbocycles. The Morgan fingerprint density at radius 2 is 1.61 bits per heavy atom. The molecule has 0 amide bonds. The van der Waals surface area contributed by atoms with E-state index in [0.717, 1.165) is 5.56 Å². The lowest BCUT2D eigenvalue weighted by molar-refractivity contribution is -0.113. The lowest BCUT2D eigenvalue weighted by Gasteiger charge is -2.14. The highest BCUT2D eigenvalue weighted by Gasteiger charge is 2.14. The summed E-state index contributed by atoms with van der Waals surface area (Å²) in [6.07, 6.45) is 1.77. The van der Waals surface area contributed by atoms with Crippen LogP contribution in [0.3, 0.4) is 0 Å². The molecule has 0 radical (unpaired) electrons. The van der Waals surface area contributed by atoms with E-state index in [1.807, 2.05) is 6.07 Å². The average Bonchev–Trinajstić information content (AvgIpc) is 2.37. The minimum atomic E-state index is 0.0202. The Hall–Kier alpha value is -1.97. The first-order valence-corrected chi connectivity index (χ1v) is 5.53. The SMILES string of the molecule is COc1ccc(C=C(C)C(C)=O)c(OC)c1OC. The number of benzene rings is 1. The lowest BCUT2D eigenvalue weighted by atomic mass is 10.1. The number of ether oxygens (including phenoxy) is 3. The van der Waals surface area contributed by atoms with Crippen LogP contribution < -0.4 is 14.2 Å². The van der Waals surface area contributed by atoms with E-state index in [-0.39, 0.29) is 5.78 Å². The van der Waals surface area contributed by atoms with E-state index in [9.17, 15) is 4.79 Å². The van der Waals surface area contributed by atoms with E-state index in [0.29, 0.717) is 22.8 Å². The molecule has 0 aliphatic carbocycles. The number of hydrogen-bond donors (Lipinski definition) is 0. The van der Waals surface area contributed by atoms with Crippen molar-refractivity contribution in [1.82, 2.24) is 0 Å². The van der Waals surface area contributed by atoms with Gasteiger partial charge in [-0.1, -0.05) is 0 Å². The van der Waals surface area contributed by atoms with Gasteiger partial charge in [0.25, 0.3) is 0 Å². The molecule has 0 saturated heterocycles. The molecule has 18 heavy (non-hydrogen) atoms. The van der Waals surface area contributed by atoms with Crippen molar-refractivity contribution in [2.45, 2.75) is 13.8 Å².